The van der Waals surface area contributed by atoms with E-state index >= 15 is 0 Å². The van der Waals surface area contributed by atoms with E-state index in [1.807, 2.05) is 0 Å². The Bertz CT molecular complexity index is 1060. The first-order valence-electron chi connectivity index (χ1n) is 9.57. The number of sulfonamides is 1. The number of hydrogen-bond acceptors (Lipinski definition) is 7. The first-order valence-corrected chi connectivity index (χ1v) is 11.0. The fourth-order valence-electron chi connectivity index (χ4n) is 2.59. The molecule has 3 N–H and O–H groups in total. The molecule has 0 aliphatic heterocycles. The summed E-state index contributed by atoms with van der Waals surface area (Å²) in [7, 11) is -0.899. The fourth-order valence-corrected chi connectivity index (χ4v) is 3.71. The van der Waals surface area contributed by atoms with E-state index in [4.69, 9.17) is 4.74 Å². The zero-order chi connectivity index (χ0) is 23.7. The molecule has 0 spiro atoms. The van der Waals surface area contributed by atoms with Crippen molar-refractivity contribution in [3.8, 4) is 0 Å². The normalized spacial score (nSPS) is 12.1. The number of carbonyl (C=O) groups is 3. The average molecular weight is 464 g/mol. The molecular weight excluding hydrogens is 438 g/mol. The Morgan fingerprint density at radius 3 is 2.28 bits per heavy atom. The summed E-state index contributed by atoms with van der Waals surface area (Å²) in [6, 6.07) is 12.9. The van der Waals surface area contributed by atoms with Gasteiger partial charge in [0.15, 0.2) is 12.6 Å². The van der Waals surface area contributed by atoms with Gasteiger partial charge in [-0.3, -0.25) is 9.59 Å². The van der Waals surface area contributed by atoms with Gasteiger partial charge < -0.3 is 20.5 Å². The lowest BCUT2D eigenvalue weighted by atomic mass is 10.2. The molecule has 11 heteroatoms. The minimum absolute atomic E-state index is 0.0475. The van der Waals surface area contributed by atoms with Crippen LogP contribution >= 0.6 is 0 Å². The molecule has 32 heavy (non-hydrogen) atoms. The van der Waals surface area contributed by atoms with E-state index in [2.05, 4.69) is 10.6 Å². The maximum Gasteiger partial charge on any atom is 0.331 e. The van der Waals surface area contributed by atoms with Gasteiger partial charge in [-0.05, 0) is 23.8 Å². The number of ether oxygens (including phenoxy) is 1. The number of nitrogens with zero attached hydrogens (tertiary/aromatic N) is 1. The van der Waals surface area contributed by atoms with E-state index < -0.39 is 47.1 Å². The molecule has 0 fully saturated rings. The predicted molar refractivity (Wildman–Crippen MR) is 115 cm³/mol. The van der Waals surface area contributed by atoms with Crippen LogP contribution in [0.2, 0.25) is 0 Å². The van der Waals surface area contributed by atoms with Crippen molar-refractivity contribution in [3.05, 3.63) is 65.7 Å². The number of esters is 1. The SMILES string of the molecule is CN(C)S(=O)(=O)c1ccccc1CNC(=O)COC(=O)C(CO)NC(=O)c1ccccc1. The van der Waals surface area contributed by atoms with Gasteiger partial charge in [0, 0.05) is 26.2 Å². The summed E-state index contributed by atoms with van der Waals surface area (Å²) in [6.07, 6.45) is 0. The molecule has 172 valence electrons. The zero-order valence-electron chi connectivity index (χ0n) is 17.6. The van der Waals surface area contributed by atoms with Gasteiger partial charge in [-0.2, -0.15) is 0 Å². The lowest BCUT2D eigenvalue weighted by Gasteiger charge is -2.16. The Morgan fingerprint density at radius 2 is 1.66 bits per heavy atom. The van der Waals surface area contributed by atoms with Gasteiger partial charge in [-0.1, -0.05) is 36.4 Å². The van der Waals surface area contributed by atoms with Crippen molar-refractivity contribution in [2.24, 2.45) is 0 Å². The highest BCUT2D eigenvalue weighted by atomic mass is 32.2. The second-order valence-corrected chi connectivity index (χ2v) is 8.97. The topological polar surface area (TPSA) is 142 Å². The summed E-state index contributed by atoms with van der Waals surface area (Å²) < 4.78 is 30.7. The van der Waals surface area contributed by atoms with Gasteiger partial charge in [-0.25, -0.2) is 17.5 Å². The highest BCUT2D eigenvalue weighted by Gasteiger charge is 2.24. The molecule has 2 rings (SSSR count). The highest BCUT2D eigenvalue weighted by molar-refractivity contribution is 7.89. The molecule has 1 unspecified atom stereocenters. The van der Waals surface area contributed by atoms with Crippen molar-refractivity contribution >= 4 is 27.8 Å². The number of amides is 2. The largest absolute Gasteiger partial charge is 0.454 e. The summed E-state index contributed by atoms with van der Waals surface area (Å²) in [6.45, 7) is -1.48. The highest BCUT2D eigenvalue weighted by Crippen LogP contribution is 2.18. The molecule has 0 heterocycles. The summed E-state index contributed by atoms with van der Waals surface area (Å²) in [4.78, 5) is 36.4. The lowest BCUT2D eigenvalue weighted by Crippen LogP contribution is -2.45. The molecule has 0 radical (unpaired) electrons. The van der Waals surface area contributed by atoms with E-state index in [0.29, 0.717) is 11.1 Å². The van der Waals surface area contributed by atoms with Crippen molar-refractivity contribution in [3.63, 3.8) is 0 Å². The van der Waals surface area contributed by atoms with Gasteiger partial charge in [0.2, 0.25) is 10.0 Å². The standard InChI is InChI=1S/C21H25N3O7S/c1-24(2)32(29,30)18-11-7-6-10-16(18)12-22-19(26)14-31-21(28)17(13-25)23-20(27)15-8-4-3-5-9-15/h3-11,17,25H,12-14H2,1-2H3,(H,22,26)(H,23,27). The zero-order valence-corrected chi connectivity index (χ0v) is 18.5. The van der Waals surface area contributed by atoms with Crippen LogP contribution < -0.4 is 10.6 Å². The van der Waals surface area contributed by atoms with Crippen LogP contribution in [0.15, 0.2) is 59.5 Å². The van der Waals surface area contributed by atoms with Crippen molar-refractivity contribution < 1.29 is 32.6 Å². The maximum absolute atomic E-state index is 12.4. The van der Waals surface area contributed by atoms with Crippen molar-refractivity contribution in [2.45, 2.75) is 17.5 Å². The number of aliphatic hydroxyl groups is 1. The van der Waals surface area contributed by atoms with Gasteiger partial charge >= 0.3 is 5.97 Å². The van der Waals surface area contributed by atoms with Crippen LogP contribution in [-0.4, -0.2) is 69.0 Å². The van der Waals surface area contributed by atoms with Gasteiger partial charge in [0.25, 0.3) is 11.8 Å². The summed E-state index contributed by atoms with van der Waals surface area (Å²) in [5.74, 6) is -2.24. The third-order valence-electron chi connectivity index (χ3n) is 4.36. The molecule has 2 aromatic carbocycles. The van der Waals surface area contributed by atoms with Crippen LogP contribution in [0, 0.1) is 0 Å². The molecule has 1 atom stereocenters. The smallest absolute Gasteiger partial charge is 0.331 e. The predicted octanol–water partition coefficient (Wildman–Crippen LogP) is -0.113. The summed E-state index contributed by atoms with van der Waals surface area (Å²) >= 11 is 0. The molecule has 10 nitrogen and oxygen atoms in total. The first kappa shape index (κ1) is 25.0. The van der Waals surface area contributed by atoms with E-state index in [0.717, 1.165) is 4.31 Å². The van der Waals surface area contributed by atoms with Gasteiger partial charge in [0.1, 0.15) is 0 Å². The Hall–Kier alpha value is -3.28. The van der Waals surface area contributed by atoms with Gasteiger partial charge in [0.05, 0.1) is 11.5 Å². The lowest BCUT2D eigenvalue weighted by molar-refractivity contribution is -0.151. The van der Waals surface area contributed by atoms with E-state index in [1.165, 1.54) is 32.3 Å². The third-order valence-corrected chi connectivity index (χ3v) is 6.28. The van der Waals surface area contributed by atoms with Crippen LogP contribution in [0.3, 0.4) is 0 Å². The number of benzene rings is 2. The van der Waals surface area contributed by atoms with E-state index in [1.54, 1.807) is 36.4 Å². The Labute approximate surface area is 186 Å². The van der Waals surface area contributed by atoms with E-state index in [-0.39, 0.29) is 11.4 Å². The second kappa shape index (κ2) is 11.4. The minimum Gasteiger partial charge on any atom is -0.454 e. The molecule has 0 aliphatic carbocycles. The molecule has 0 saturated carbocycles. The quantitative estimate of drug-likeness (QED) is 0.417. The summed E-state index contributed by atoms with van der Waals surface area (Å²) in [5.41, 5.74) is 0.659. The Balaban J connectivity index is 1.90. The van der Waals surface area contributed by atoms with Crippen molar-refractivity contribution in [1.82, 2.24) is 14.9 Å². The molecule has 0 saturated heterocycles. The first-order chi connectivity index (χ1) is 15.2. The summed E-state index contributed by atoms with van der Waals surface area (Å²) in [5, 5.41) is 14.2. The fraction of sp³-hybridized carbons (Fsp3) is 0.286. The van der Waals surface area contributed by atoms with E-state index in [9.17, 15) is 27.9 Å². The molecule has 0 bridgehead atoms. The van der Waals surface area contributed by atoms with Crippen molar-refractivity contribution in [2.75, 3.05) is 27.3 Å². The number of rotatable bonds is 10. The third kappa shape index (κ3) is 6.61. The number of aliphatic hydroxyl groups excluding tert-OH is 1. The van der Waals surface area contributed by atoms with Crippen LogP contribution in [0.1, 0.15) is 15.9 Å². The number of nitrogens with one attached hydrogen (secondary N) is 2. The van der Waals surface area contributed by atoms with Crippen molar-refractivity contribution in [1.29, 1.82) is 0 Å². The minimum atomic E-state index is -3.70. The molecule has 0 aromatic heterocycles. The van der Waals surface area contributed by atoms with Gasteiger partial charge in [-0.15, -0.1) is 0 Å². The van der Waals surface area contributed by atoms with Crippen LogP contribution in [0.5, 0.6) is 0 Å². The van der Waals surface area contributed by atoms with Crippen LogP contribution in [-0.2, 0) is 30.9 Å². The average Bonchev–Trinajstić information content (AvgIpc) is 2.80. The number of carbonyl (C=O) groups excluding carboxylic acids is 3. The molecule has 2 aromatic rings. The Kier molecular flexibility index (Phi) is 8.88. The van der Waals surface area contributed by atoms with Crippen LogP contribution in [0.25, 0.3) is 0 Å². The molecule has 2 amide bonds. The molecular formula is C21H25N3O7S. The second-order valence-electron chi connectivity index (χ2n) is 6.85. The monoisotopic (exact) mass is 463 g/mol. The number of hydrogen-bond donors (Lipinski definition) is 3. The molecule has 0 aliphatic rings. The maximum atomic E-state index is 12.4. The Morgan fingerprint density at radius 1 is 1.03 bits per heavy atom. The van der Waals surface area contributed by atoms with Crippen LogP contribution in [0.4, 0.5) is 0 Å².